The van der Waals surface area contributed by atoms with Crippen molar-refractivity contribution in [2.24, 2.45) is 0 Å². The van der Waals surface area contributed by atoms with E-state index in [2.05, 4.69) is 5.32 Å². The fourth-order valence-corrected chi connectivity index (χ4v) is 1.59. The summed E-state index contributed by atoms with van der Waals surface area (Å²) in [6.07, 6.45) is 0.0377. The first kappa shape index (κ1) is 12.8. The molecule has 0 aliphatic heterocycles. The maximum atomic E-state index is 10.6. The summed E-state index contributed by atoms with van der Waals surface area (Å²) in [6, 6.07) is 6.68. The van der Waals surface area contributed by atoms with Crippen LogP contribution in [0.2, 0.25) is 5.02 Å². The first-order chi connectivity index (χ1) is 7.63. The Kier molecular flexibility index (Phi) is 5.08. The van der Waals surface area contributed by atoms with Gasteiger partial charge in [0.2, 0.25) is 0 Å². The maximum absolute atomic E-state index is 10.6. The van der Waals surface area contributed by atoms with Crippen LogP contribution >= 0.6 is 11.6 Å². The molecule has 0 spiro atoms. The molecule has 0 bridgehead atoms. The predicted molar refractivity (Wildman–Crippen MR) is 61.7 cm³/mol. The number of hydrogen-bond donors (Lipinski definition) is 3. The summed E-state index contributed by atoms with van der Waals surface area (Å²) in [5.74, 6) is 0. The summed E-state index contributed by atoms with van der Waals surface area (Å²) >= 11 is 5.75. The van der Waals surface area contributed by atoms with Crippen LogP contribution in [0.3, 0.4) is 0 Å². The van der Waals surface area contributed by atoms with E-state index in [0.717, 1.165) is 5.56 Å². The topological polar surface area (TPSA) is 69.6 Å². The van der Waals surface area contributed by atoms with Crippen molar-refractivity contribution in [3.05, 3.63) is 34.9 Å². The second kappa shape index (κ2) is 6.35. The van der Waals surface area contributed by atoms with E-state index < -0.39 is 6.09 Å². The second-order valence-corrected chi connectivity index (χ2v) is 3.86. The lowest BCUT2D eigenvalue weighted by Crippen LogP contribution is -2.26. The zero-order chi connectivity index (χ0) is 12.0. The molecule has 1 atom stereocenters. The monoisotopic (exact) mass is 243 g/mol. The van der Waals surface area contributed by atoms with Gasteiger partial charge in [-0.1, -0.05) is 23.7 Å². The summed E-state index contributed by atoms with van der Waals surface area (Å²) in [4.78, 5) is 10.6. The summed E-state index contributed by atoms with van der Waals surface area (Å²) in [6.45, 7) is 0.0470. The number of hydrogen-bond acceptors (Lipinski definition) is 2. The number of aliphatic hydroxyl groups excluding tert-OH is 1. The molecule has 1 aromatic rings. The van der Waals surface area contributed by atoms with E-state index in [9.17, 15) is 4.79 Å². The van der Waals surface area contributed by atoms with Gasteiger partial charge >= 0.3 is 6.09 Å². The summed E-state index contributed by atoms with van der Waals surface area (Å²) in [7, 11) is 0. The molecule has 4 nitrogen and oxygen atoms in total. The molecule has 16 heavy (non-hydrogen) atoms. The molecule has 1 aromatic carbocycles. The molecule has 0 saturated carbocycles. The highest BCUT2D eigenvalue weighted by Crippen LogP contribution is 2.20. The molecule has 1 amide bonds. The normalized spacial score (nSPS) is 12.1. The minimum absolute atomic E-state index is 0.0470. The first-order valence-corrected chi connectivity index (χ1v) is 5.37. The maximum Gasteiger partial charge on any atom is 0.405 e. The summed E-state index contributed by atoms with van der Waals surface area (Å²) in [5, 5.41) is 20.5. The zero-order valence-electron chi connectivity index (χ0n) is 8.69. The SMILES string of the molecule is O=C(O)NC(CCCO)c1ccc(Cl)cc1. The average Bonchev–Trinajstić information content (AvgIpc) is 2.25. The molecule has 0 aromatic heterocycles. The van der Waals surface area contributed by atoms with Crippen molar-refractivity contribution in [3.63, 3.8) is 0 Å². The molecule has 0 aliphatic rings. The Bertz CT molecular complexity index is 340. The molecular formula is C11H14ClNO3. The molecule has 0 heterocycles. The highest BCUT2D eigenvalue weighted by atomic mass is 35.5. The molecule has 1 unspecified atom stereocenters. The molecule has 0 fully saturated rings. The summed E-state index contributed by atoms with van der Waals surface area (Å²) in [5.41, 5.74) is 0.847. The highest BCUT2D eigenvalue weighted by Gasteiger charge is 2.13. The van der Waals surface area contributed by atoms with Crippen molar-refractivity contribution in [2.45, 2.75) is 18.9 Å². The lowest BCUT2D eigenvalue weighted by molar-refractivity contribution is 0.187. The van der Waals surface area contributed by atoms with Crippen molar-refractivity contribution < 1.29 is 15.0 Å². The van der Waals surface area contributed by atoms with Crippen LogP contribution in [0.5, 0.6) is 0 Å². The molecule has 88 valence electrons. The standard InChI is InChI=1S/C11H14ClNO3/c12-9-5-3-8(4-6-9)10(2-1-7-14)13-11(15)16/h3-6,10,13-14H,1-2,7H2,(H,15,16). The number of aliphatic hydroxyl groups is 1. The van der Waals surface area contributed by atoms with Gasteiger partial charge in [-0.2, -0.15) is 0 Å². The Morgan fingerprint density at radius 3 is 2.50 bits per heavy atom. The number of amides is 1. The zero-order valence-corrected chi connectivity index (χ0v) is 9.44. The van der Waals surface area contributed by atoms with Crippen molar-refractivity contribution in [2.75, 3.05) is 6.61 Å². The van der Waals surface area contributed by atoms with Crippen LogP contribution in [0.25, 0.3) is 0 Å². The number of rotatable bonds is 5. The highest BCUT2D eigenvalue weighted by molar-refractivity contribution is 6.30. The van der Waals surface area contributed by atoms with Crippen LogP contribution in [-0.2, 0) is 0 Å². The fourth-order valence-electron chi connectivity index (χ4n) is 1.46. The van der Waals surface area contributed by atoms with E-state index in [1.165, 1.54) is 0 Å². The Balaban J connectivity index is 2.74. The third-order valence-electron chi connectivity index (χ3n) is 2.22. The summed E-state index contributed by atoms with van der Waals surface area (Å²) < 4.78 is 0. The van der Waals surface area contributed by atoms with Gasteiger partial charge in [0.25, 0.3) is 0 Å². The van der Waals surface area contributed by atoms with Gasteiger partial charge in [0.05, 0.1) is 6.04 Å². The van der Waals surface area contributed by atoms with Gasteiger partial charge in [-0.25, -0.2) is 4.79 Å². The number of halogens is 1. The van der Waals surface area contributed by atoms with Gasteiger partial charge in [0, 0.05) is 11.6 Å². The van der Waals surface area contributed by atoms with Crippen LogP contribution in [0.15, 0.2) is 24.3 Å². The van der Waals surface area contributed by atoms with Crippen molar-refractivity contribution in [1.82, 2.24) is 5.32 Å². The Labute approximate surface area is 98.9 Å². The van der Waals surface area contributed by atoms with Crippen molar-refractivity contribution in [3.8, 4) is 0 Å². The van der Waals surface area contributed by atoms with E-state index in [0.29, 0.717) is 17.9 Å². The van der Waals surface area contributed by atoms with Gasteiger partial charge in [0.1, 0.15) is 0 Å². The number of nitrogens with one attached hydrogen (secondary N) is 1. The van der Waals surface area contributed by atoms with E-state index >= 15 is 0 Å². The molecule has 0 radical (unpaired) electrons. The Morgan fingerprint density at radius 2 is 2.00 bits per heavy atom. The molecule has 0 aliphatic carbocycles. The molecule has 0 saturated heterocycles. The fraction of sp³-hybridized carbons (Fsp3) is 0.364. The van der Waals surface area contributed by atoms with E-state index in [4.69, 9.17) is 21.8 Å². The van der Waals surface area contributed by atoms with Crippen molar-refractivity contribution >= 4 is 17.7 Å². The second-order valence-electron chi connectivity index (χ2n) is 3.42. The van der Waals surface area contributed by atoms with Crippen LogP contribution < -0.4 is 5.32 Å². The number of carbonyl (C=O) groups is 1. The molecule has 1 rings (SSSR count). The van der Waals surface area contributed by atoms with Crippen LogP contribution in [0.4, 0.5) is 4.79 Å². The van der Waals surface area contributed by atoms with Gasteiger partial charge in [-0.3, -0.25) is 0 Å². The smallest absolute Gasteiger partial charge is 0.405 e. The van der Waals surface area contributed by atoms with E-state index in [-0.39, 0.29) is 12.6 Å². The van der Waals surface area contributed by atoms with Crippen LogP contribution in [0, 0.1) is 0 Å². The largest absolute Gasteiger partial charge is 0.465 e. The van der Waals surface area contributed by atoms with E-state index in [1.54, 1.807) is 24.3 Å². The molecule has 3 N–H and O–H groups in total. The Morgan fingerprint density at radius 1 is 1.38 bits per heavy atom. The van der Waals surface area contributed by atoms with Crippen molar-refractivity contribution in [1.29, 1.82) is 0 Å². The average molecular weight is 244 g/mol. The quantitative estimate of drug-likeness (QED) is 0.744. The lowest BCUT2D eigenvalue weighted by Gasteiger charge is -2.16. The number of carboxylic acid groups (broad SMARTS) is 1. The Hall–Kier alpha value is -1.26. The van der Waals surface area contributed by atoms with Crippen LogP contribution in [0.1, 0.15) is 24.4 Å². The minimum Gasteiger partial charge on any atom is -0.465 e. The van der Waals surface area contributed by atoms with Gasteiger partial charge in [-0.05, 0) is 30.5 Å². The van der Waals surface area contributed by atoms with Gasteiger partial charge in [-0.15, -0.1) is 0 Å². The minimum atomic E-state index is -1.07. The van der Waals surface area contributed by atoms with Crippen LogP contribution in [-0.4, -0.2) is 22.9 Å². The van der Waals surface area contributed by atoms with Gasteiger partial charge < -0.3 is 15.5 Å². The third kappa shape index (κ3) is 4.08. The predicted octanol–water partition coefficient (Wildman–Crippen LogP) is 2.42. The molecule has 5 heteroatoms. The third-order valence-corrected chi connectivity index (χ3v) is 2.47. The van der Waals surface area contributed by atoms with Gasteiger partial charge in [0.15, 0.2) is 0 Å². The molecular weight excluding hydrogens is 230 g/mol. The first-order valence-electron chi connectivity index (χ1n) is 4.99. The van der Waals surface area contributed by atoms with E-state index in [1.807, 2.05) is 0 Å². The lowest BCUT2D eigenvalue weighted by atomic mass is 10.0. The number of benzene rings is 1.